The minimum Gasteiger partial charge on any atom is -0.493 e. The smallest absolute Gasteiger partial charge is 0.271 e. The Morgan fingerprint density at radius 3 is 2.81 bits per heavy atom. The van der Waals surface area contributed by atoms with Gasteiger partial charge >= 0.3 is 0 Å². The van der Waals surface area contributed by atoms with Gasteiger partial charge in [-0.25, -0.2) is 0 Å². The van der Waals surface area contributed by atoms with Gasteiger partial charge in [0.25, 0.3) is 5.91 Å². The largest absolute Gasteiger partial charge is 0.493 e. The van der Waals surface area contributed by atoms with Crippen LogP contribution in [0.1, 0.15) is 30.5 Å². The molecule has 0 atom stereocenters. The predicted molar refractivity (Wildman–Crippen MR) is 112 cm³/mol. The van der Waals surface area contributed by atoms with Crippen LogP contribution in [0.2, 0.25) is 0 Å². The second kappa shape index (κ2) is 7.24. The molecule has 1 saturated heterocycles. The summed E-state index contributed by atoms with van der Waals surface area (Å²) in [6, 6.07) is 14.1. The molecule has 0 spiro atoms. The highest BCUT2D eigenvalue weighted by Crippen LogP contribution is 2.38. The lowest BCUT2D eigenvalue weighted by Gasteiger charge is -2.18. The summed E-state index contributed by atoms with van der Waals surface area (Å²) in [5.41, 5.74) is 4.16. The van der Waals surface area contributed by atoms with E-state index in [1.54, 1.807) is 4.90 Å². The minimum atomic E-state index is -0.0227. The third-order valence-electron chi connectivity index (χ3n) is 4.54. The number of nitrogens with zero attached hydrogens (tertiary/aromatic N) is 2. The van der Waals surface area contributed by atoms with Gasteiger partial charge in [-0.3, -0.25) is 14.7 Å². The standard InChI is InChI=1S/C22H22N2O2S/c1-14(2)23-22-24(18-7-5-4-6-15(18)3)21(25)20(27-22)13-16-8-9-19-17(12-16)10-11-26-19/h4-9,12-14H,10-11H2,1-3H3/b20-13-,23-22-. The minimum absolute atomic E-state index is 0.0227. The molecule has 0 N–H and O–H groups in total. The fourth-order valence-electron chi connectivity index (χ4n) is 3.26. The van der Waals surface area contributed by atoms with Gasteiger partial charge in [0.2, 0.25) is 0 Å². The number of thioether (sulfide) groups is 1. The van der Waals surface area contributed by atoms with Crippen LogP contribution in [0, 0.1) is 6.92 Å². The number of rotatable bonds is 3. The summed E-state index contributed by atoms with van der Waals surface area (Å²) in [4.78, 5) is 20.3. The Morgan fingerprint density at radius 2 is 2.04 bits per heavy atom. The number of amidine groups is 1. The number of benzene rings is 2. The molecule has 5 heteroatoms. The van der Waals surface area contributed by atoms with E-state index in [1.165, 1.54) is 17.3 Å². The topological polar surface area (TPSA) is 41.9 Å². The Balaban J connectivity index is 1.73. The molecular formula is C22H22N2O2S. The van der Waals surface area contributed by atoms with Crippen molar-refractivity contribution in [2.45, 2.75) is 33.2 Å². The summed E-state index contributed by atoms with van der Waals surface area (Å²) in [5.74, 6) is 0.927. The molecule has 0 saturated carbocycles. The molecule has 0 unspecified atom stereocenters. The summed E-state index contributed by atoms with van der Waals surface area (Å²) in [7, 11) is 0. The van der Waals surface area contributed by atoms with E-state index in [0.717, 1.165) is 40.8 Å². The van der Waals surface area contributed by atoms with Crippen molar-refractivity contribution < 1.29 is 9.53 Å². The van der Waals surface area contributed by atoms with Crippen LogP contribution in [-0.2, 0) is 11.2 Å². The summed E-state index contributed by atoms with van der Waals surface area (Å²) in [5, 5.41) is 0.736. The molecule has 0 bridgehead atoms. The lowest BCUT2D eigenvalue weighted by molar-refractivity contribution is -0.113. The van der Waals surface area contributed by atoms with Gasteiger partial charge in [0.15, 0.2) is 5.17 Å². The van der Waals surface area contributed by atoms with Crippen LogP contribution in [0.5, 0.6) is 5.75 Å². The van der Waals surface area contributed by atoms with Crippen molar-refractivity contribution >= 4 is 34.6 Å². The molecule has 0 aromatic heterocycles. The number of aliphatic imine (C=N–C) groups is 1. The van der Waals surface area contributed by atoms with Gasteiger partial charge in [-0.1, -0.05) is 24.3 Å². The van der Waals surface area contributed by atoms with E-state index in [0.29, 0.717) is 4.91 Å². The lowest BCUT2D eigenvalue weighted by atomic mass is 10.1. The maximum Gasteiger partial charge on any atom is 0.271 e. The quantitative estimate of drug-likeness (QED) is 0.720. The summed E-state index contributed by atoms with van der Waals surface area (Å²) in [6.07, 6.45) is 2.88. The molecule has 4 rings (SSSR count). The van der Waals surface area contributed by atoms with E-state index in [-0.39, 0.29) is 11.9 Å². The molecule has 138 valence electrons. The molecular weight excluding hydrogens is 356 g/mol. The number of fused-ring (bicyclic) bond motifs is 1. The van der Waals surface area contributed by atoms with Gasteiger partial charge < -0.3 is 4.74 Å². The number of para-hydroxylation sites is 1. The van der Waals surface area contributed by atoms with Crippen LogP contribution in [0.25, 0.3) is 6.08 Å². The fourth-order valence-corrected chi connectivity index (χ4v) is 4.36. The number of hydrogen-bond donors (Lipinski definition) is 0. The Kier molecular flexibility index (Phi) is 4.79. The predicted octanol–water partition coefficient (Wildman–Crippen LogP) is 4.82. The molecule has 2 heterocycles. The van der Waals surface area contributed by atoms with Crippen LogP contribution in [0.15, 0.2) is 52.4 Å². The zero-order chi connectivity index (χ0) is 19.0. The number of ether oxygens (including phenoxy) is 1. The SMILES string of the molecule is Cc1ccccc1N1C(=O)/C(=C/c2ccc3c(c2)CCO3)S/C1=N\C(C)C. The zero-order valence-electron chi connectivity index (χ0n) is 15.7. The van der Waals surface area contributed by atoms with Crippen molar-refractivity contribution in [3.05, 3.63) is 64.1 Å². The van der Waals surface area contributed by atoms with Gasteiger partial charge in [0.05, 0.1) is 17.2 Å². The normalized spacial score (nSPS) is 19.3. The molecule has 2 aromatic rings. The fraction of sp³-hybridized carbons (Fsp3) is 0.273. The van der Waals surface area contributed by atoms with E-state index >= 15 is 0 Å². The van der Waals surface area contributed by atoms with Crippen LogP contribution in [0.4, 0.5) is 5.69 Å². The molecule has 2 aliphatic heterocycles. The van der Waals surface area contributed by atoms with Gasteiger partial charge in [0, 0.05) is 12.5 Å². The van der Waals surface area contributed by atoms with E-state index in [4.69, 9.17) is 9.73 Å². The maximum absolute atomic E-state index is 13.2. The third-order valence-corrected chi connectivity index (χ3v) is 5.53. The number of carbonyl (C=O) groups excluding carboxylic acids is 1. The number of hydrogen-bond acceptors (Lipinski definition) is 4. The second-order valence-electron chi connectivity index (χ2n) is 7.01. The van der Waals surface area contributed by atoms with Crippen LogP contribution in [0.3, 0.4) is 0 Å². The molecule has 2 aliphatic rings. The van der Waals surface area contributed by atoms with E-state index < -0.39 is 0 Å². The van der Waals surface area contributed by atoms with Gasteiger partial charge in [-0.2, -0.15) is 0 Å². The summed E-state index contributed by atoms with van der Waals surface area (Å²) in [6.45, 7) is 6.80. The number of carbonyl (C=O) groups is 1. The van der Waals surface area contributed by atoms with E-state index in [1.807, 2.05) is 63.2 Å². The maximum atomic E-state index is 13.2. The lowest BCUT2D eigenvalue weighted by Crippen LogP contribution is -2.30. The van der Waals surface area contributed by atoms with Crippen LogP contribution < -0.4 is 9.64 Å². The van der Waals surface area contributed by atoms with Crippen molar-refractivity contribution in [1.82, 2.24) is 0 Å². The first-order valence-electron chi connectivity index (χ1n) is 9.16. The first-order valence-corrected chi connectivity index (χ1v) is 9.98. The second-order valence-corrected chi connectivity index (χ2v) is 8.02. The van der Waals surface area contributed by atoms with Crippen LogP contribution in [-0.4, -0.2) is 23.7 Å². The van der Waals surface area contributed by atoms with Gasteiger partial charge in [-0.15, -0.1) is 0 Å². The van der Waals surface area contributed by atoms with Crippen molar-refractivity contribution in [2.75, 3.05) is 11.5 Å². The first kappa shape index (κ1) is 17.9. The molecule has 4 nitrogen and oxygen atoms in total. The highest BCUT2D eigenvalue weighted by Gasteiger charge is 2.35. The zero-order valence-corrected chi connectivity index (χ0v) is 16.5. The molecule has 1 amide bonds. The van der Waals surface area contributed by atoms with Crippen molar-refractivity contribution in [3.63, 3.8) is 0 Å². The monoisotopic (exact) mass is 378 g/mol. The Hall–Kier alpha value is -2.53. The molecule has 0 radical (unpaired) electrons. The van der Waals surface area contributed by atoms with Crippen molar-refractivity contribution in [2.24, 2.45) is 4.99 Å². The highest BCUT2D eigenvalue weighted by molar-refractivity contribution is 8.19. The molecule has 1 fully saturated rings. The third kappa shape index (κ3) is 3.52. The van der Waals surface area contributed by atoms with E-state index in [9.17, 15) is 4.79 Å². The molecule has 0 aliphatic carbocycles. The Bertz CT molecular complexity index is 963. The number of anilines is 1. The highest BCUT2D eigenvalue weighted by atomic mass is 32.2. The average Bonchev–Trinajstić information content (AvgIpc) is 3.20. The molecule has 27 heavy (non-hydrogen) atoms. The Labute approximate surface area is 163 Å². The van der Waals surface area contributed by atoms with Crippen molar-refractivity contribution in [3.8, 4) is 5.75 Å². The summed E-state index contributed by atoms with van der Waals surface area (Å²) >= 11 is 1.44. The number of amides is 1. The average molecular weight is 378 g/mol. The van der Waals surface area contributed by atoms with Crippen LogP contribution >= 0.6 is 11.8 Å². The first-order chi connectivity index (χ1) is 13.0. The molecule has 2 aromatic carbocycles. The van der Waals surface area contributed by atoms with Crippen molar-refractivity contribution in [1.29, 1.82) is 0 Å². The summed E-state index contributed by atoms with van der Waals surface area (Å²) < 4.78 is 5.57. The Morgan fingerprint density at radius 1 is 1.22 bits per heavy atom. The van der Waals surface area contributed by atoms with Gasteiger partial charge in [-0.05, 0) is 73.5 Å². The van der Waals surface area contributed by atoms with E-state index in [2.05, 4.69) is 6.07 Å². The number of aryl methyl sites for hydroxylation is 1. The van der Waals surface area contributed by atoms with Gasteiger partial charge in [0.1, 0.15) is 5.75 Å².